The second-order valence-corrected chi connectivity index (χ2v) is 7.74. The second-order valence-electron chi connectivity index (χ2n) is 7.74. The molecule has 0 radical (unpaired) electrons. The fourth-order valence-corrected chi connectivity index (χ4v) is 3.75. The number of aliphatic carboxylic acids is 1. The van der Waals surface area contributed by atoms with E-state index >= 15 is 0 Å². The summed E-state index contributed by atoms with van der Waals surface area (Å²) in [5.74, 6) is -4.31. The van der Waals surface area contributed by atoms with E-state index in [0.717, 1.165) is 32.6 Å². The Morgan fingerprint density at radius 3 is 2.10 bits per heavy atom. The Kier molecular flexibility index (Phi) is 6.84. The summed E-state index contributed by atoms with van der Waals surface area (Å²) in [7, 11) is 0. The maximum atomic E-state index is 14.4. The van der Waals surface area contributed by atoms with E-state index in [4.69, 9.17) is 10.8 Å². The zero-order valence-electron chi connectivity index (χ0n) is 15.6. The molecule has 1 amide bonds. The lowest BCUT2D eigenvalue weighted by Crippen LogP contribution is -2.44. The van der Waals surface area contributed by atoms with E-state index in [1.165, 1.54) is 0 Å². The highest BCUT2D eigenvalue weighted by molar-refractivity contribution is 5.95. The largest absolute Gasteiger partial charge is 0.481 e. The summed E-state index contributed by atoms with van der Waals surface area (Å²) in [6, 6.07) is 0.0337. The van der Waals surface area contributed by atoms with Crippen LogP contribution in [-0.4, -0.2) is 23.0 Å². The van der Waals surface area contributed by atoms with Gasteiger partial charge < -0.3 is 16.2 Å². The zero-order valence-corrected chi connectivity index (χ0v) is 16.4. The SMILES string of the molecule is CC(C(=O)O)c1cc(F)c(NC(=O)[C@@H](N)C(C2CC2)C2CC2)cc1C(F)(F)F.Cl. The number of anilines is 1. The first-order valence-corrected chi connectivity index (χ1v) is 9.20. The fourth-order valence-electron chi connectivity index (χ4n) is 3.75. The van der Waals surface area contributed by atoms with E-state index in [2.05, 4.69) is 5.32 Å². The minimum atomic E-state index is -4.90. The molecule has 5 nitrogen and oxygen atoms in total. The standard InChI is InChI=1S/C19H22F4N2O3.ClH/c1-8(18(27)28)11-6-13(20)14(7-12(11)19(21,22)23)25-17(26)16(24)15(9-2-3-9)10-4-5-10;/h6-10,15-16H,2-5,24H2,1H3,(H,25,26)(H,27,28);1H/t8?,16-;/m0./s1. The molecule has 2 aliphatic rings. The summed E-state index contributed by atoms with van der Waals surface area (Å²) in [6.45, 7) is 1.04. The molecule has 1 aromatic rings. The quantitative estimate of drug-likeness (QED) is 0.557. The van der Waals surface area contributed by atoms with Gasteiger partial charge in [-0.15, -0.1) is 12.4 Å². The van der Waals surface area contributed by atoms with Gasteiger partial charge in [0.1, 0.15) is 5.82 Å². The van der Waals surface area contributed by atoms with Crippen LogP contribution in [-0.2, 0) is 15.8 Å². The summed E-state index contributed by atoms with van der Waals surface area (Å²) in [5.41, 5.74) is 3.40. The van der Waals surface area contributed by atoms with Crippen LogP contribution in [0.4, 0.5) is 23.2 Å². The molecule has 0 bridgehead atoms. The molecule has 4 N–H and O–H groups in total. The van der Waals surface area contributed by atoms with Gasteiger partial charge in [0.05, 0.1) is 23.2 Å². The minimum absolute atomic E-state index is 0. The minimum Gasteiger partial charge on any atom is -0.481 e. The third kappa shape index (κ3) is 5.19. The molecule has 1 aromatic carbocycles. The van der Waals surface area contributed by atoms with E-state index in [1.54, 1.807) is 0 Å². The molecule has 29 heavy (non-hydrogen) atoms. The third-order valence-corrected chi connectivity index (χ3v) is 5.59. The molecule has 2 aliphatic carbocycles. The smallest absolute Gasteiger partial charge is 0.416 e. The molecule has 3 rings (SSSR count). The Bertz CT molecular complexity index is 782. The van der Waals surface area contributed by atoms with E-state index in [0.29, 0.717) is 24.0 Å². The number of hydrogen-bond donors (Lipinski definition) is 3. The first kappa shape index (κ1) is 23.4. The average Bonchev–Trinajstić information content (AvgIpc) is 3.49. The Morgan fingerprint density at radius 2 is 1.69 bits per heavy atom. The molecule has 0 aromatic heterocycles. The highest BCUT2D eigenvalue weighted by Crippen LogP contribution is 2.50. The lowest BCUT2D eigenvalue weighted by atomic mass is 9.89. The van der Waals surface area contributed by atoms with Gasteiger partial charge >= 0.3 is 12.1 Å². The molecule has 1 unspecified atom stereocenters. The zero-order chi connectivity index (χ0) is 20.8. The van der Waals surface area contributed by atoms with Gasteiger partial charge in [0, 0.05) is 0 Å². The van der Waals surface area contributed by atoms with Crippen molar-refractivity contribution in [3.05, 3.63) is 29.1 Å². The van der Waals surface area contributed by atoms with Gasteiger partial charge in [-0.3, -0.25) is 9.59 Å². The monoisotopic (exact) mass is 438 g/mol. The van der Waals surface area contributed by atoms with Crippen LogP contribution in [0.15, 0.2) is 12.1 Å². The Balaban J connectivity index is 0.00000300. The average molecular weight is 439 g/mol. The molecular formula is C19H23ClF4N2O3. The highest BCUT2D eigenvalue weighted by Gasteiger charge is 2.46. The number of halogens is 5. The van der Waals surface area contributed by atoms with Gasteiger partial charge in [0.25, 0.3) is 0 Å². The Labute approximate surface area is 171 Å². The summed E-state index contributed by atoms with van der Waals surface area (Å²) >= 11 is 0. The number of hydrogen-bond acceptors (Lipinski definition) is 3. The molecule has 2 saturated carbocycles. The van der Waals surface area contributed by atoms with Crippen LogP contribution in [0.5, 0.6) is 0 Å². The van der Waals surface area contributed by atoms with Crippen molar-refractivity contribution < 1.29 is 32.3 Å². The van der Waals surface area contributed by atoms with Crippen molar-refractivity contribution in [2.75, 3.05) is 5.32 Å². The van der Waals surface area contributed by atoms with E-state index in [-0.39, 0.29) is 18.3 Å². The van der Waals surface area contributed by atoms with Gasteiger partial charge in [0.15, 0.2) is 0 Å². The summed E-state index contributed by atoms with van der Waals surface area (Å²) in [5, 5.41) is 11.2. The molecule has 10 heteroatoms. The fraction of sp³-hybridized carbons (Fsp3) is 0.579. The number of benzene rings is 1. The van der Waals surface area contributed by atoms with Crippen LogP contribution < -0.4 is 11.1 Å². The van der Waals surface area contributed by atoms with Crippen molar-refractivity contribution >= 4 is 30.0 Å². The van der Waals surface area contributed by atoms with E-state index in [1.807, 2.05) is 0 Å². The summed E-state index contributed by atoms with van der Waals surface area (Å²) < 4.78 is 54.5. The van der Waals surface area contributed by atoms with Crippen LogP contribution in [0.2, 0.25) is 0 Å². The number of carboxylic acids is 1. The number of rotatable bonds is 7. The van der Waals surface area contributed by atoms with Crippen LogP contribution >= 0.6 is 12.4 Å². The maximum absolute atomic E-state index is 14.4. The first-order chi connectivity index (χ1) is 13.0. The predicted octanol–water partition coefficient (Wildman–Crippen LogP) is 4.16. The molecule has 0 aliphatic heterocycles. The van der Waals surface area contributed by atoms with Crippen LogP contribution in [0.3, 0.4) is 0 Å². The van der Waals surface area contributed by atoms with Crippen molar-refractivity contribution in [3.63, 3.8) is 0 Å². The van der Waals surface area contributed by atoms with E-state index in [9.17, 15) is 27.2 Å². The number of alkyl halides is 3. The van der Waals surface area contributed by atoms with Crippen LogP contribution in [0.25, 0.3) is 0 Å². The Morgan fingerprint density at radius 1 is 1.17 bits per heavy atom. The van der Waals surface area contributed by atoms with Crippen molar-refractivity contribution in [2.24, 2.45) is 23.5 Å². The van der Waals surface area contributed by atoms with Crippen LogP contribution in [0.1, 0.15) is 49.7 Å². The van der Waals surface area contributed by atoms with E-state index < -0.39 is 52.6 Å². The highest BCUT2D eigenvalue weighted by atomic mass is 35.5. The third-order valence-electron chi connectivity index (χ3n) is 5.59. The van der Waals surface area contributed by atoms with Crippen molar-refractivity contribution in [1.29, 1.82) is 0 Å². The lowest BCUT2D eigenvalue weighted by molar-refractivity contribution is -0.141. The van der Waals surface area contributed by atoms with Gasteiger partial charge in [-0.05, 0) is 68.1 Å². The molecule has 2 atom stereocenters. The molecule has 0 heterocycles. The molecular weight excluding hydrogens is 416 g/mol. The molecule has 0 saturated heterocycles. The normalized spacial score (nSPS) is 18.7. The maximum Gasteiger partial charge on any atom is 0.416 e. The van der Waals surface area contributed by atoms with Gasteiger partial charge in [0.2, 0.25) is 5.91 Å². The number of carboxylic acid groups (broad SMARTS) is 1. The number of carbonyl (C=O) groups excluding carboxylic acids is 1. The number of nitrogens with two attached hydrogens (primary N) is 1. The predicted molar refractivity (Wildman–Crippen MR) is 100 cm³/mol. The molecule has 162 valence electrons. The van der Waals surface area contributed by atoms with Crippen LogP contribution in [0, 0.1) is 23.6 Å². The summed E-state index contributed by atoms with van der Waals surface area (Å²) in [6.07, 6.45) is -1.03. The van der Waals surface area contributed by atoms with Crippen molar-refractivity contribution in [2.45, 2.75) is 50.7 Å². The van der Waals surface area contributed by atoms with Crippen molar-refractivity contribution in [1.82, 2.24) is 0 Å². The van der Waals surface area contributed by atoms with Gasteiger partial charge in [-0.2, -0.15) is 13.2 Å². The first-order valence-electron chi connectivity index (χ1n) is 9.20. The number of amides is 1. The number of carbonyl (C=O) groups is 2. The lowest BCUT2D eigenvalue weighted by Gasteiger charge is -2.24. The molecule has 0 spiro atoms. The topological polar surface area (TPSA) is 92.4 Å². The number of nitrogens with one attached hydrogen (secondary N) is 1. The second kappa shape index (κ2) is 8.47. The Hall–Kier alpha value is -1.87. The van der Waals surface area contributed by atoms with Crippen molar-refractivity contribution in [3.8, 4) is 0 Å². The summed E-state index contributed by atoms with van der Waals surface area (Å²) in [4.78, 5) is 23.6. The van der Waals surface area contributed by atoms with Gasteiger partial charge in [-0.1, -0.05) is 0 Å². The molecule has 2 fully saturated rings. The van der Waals surface area contributed by atoms with Gasteiger partial charge in [-0.25, -0.2) is 4.39 Å².